The molecule has 0 aliphatic carbocycles. The van der Waals surface area contributed by atoms with Crippen molar-refractivity contribution in [1.82, 2.24) is 0 Å². The second kappa shape index (κ2) is 5.63. The maximum atomic E-state index is 11.7. The molecule has 0 radical (unpaired) electrons. The molecule has 1 aromatic carbocycles. The molecule has 0 aromatic heterocycles. The minimum Gasteiger partial charge on any atom is -0.460 e. The molecular formula is C12H14O4S. The summed E-state index contributed by atoms with van der Waals surface area (Å²) in [5.41, 5.74) is 0. The van der Waals surface area contributed by atoms with E-state index in [1.807, 2.05) is 0 Å². The molecule has 92 valence electrons. The fraction of sp³-hybridized carbons (Fsp3) is 0.250. The highest BCUT2D eigenvalue weighted by atomic mass is 32.2. The summed E-state index contributed by atoms with van der Waals surface area (Å²) in [6, 6.07) is 7.89. The van der Waals surface area contributed by atoms with Crippen LogP contribution in [-0.2, 0) is 19.4 Å². The molecule has 17 heavy (non-hydrogen) atoms. The third-order valence-electron chi connectivity index (χ3n) is 1.81. The maximum Gasteiger partial charge on any atom is 0.331 e. The normalized spacial score (nSPS) is 11.9. The van der Waals surface area contributed by atoms with Gasteiger partial charge in [-0.05, 0) is 26.0 Å². The Hall–Kier alpha value is -1.62. The predicted octanol–water partition coefficient (Wildman–Crippen LogP) is 1.93. The summed E-state index contributed by atoms with van der Waals surface area (Å²) in [5, 5.41) is 0.854. The Balaban J connectivity index is 2.81. The van der Waals surface area contributed by atoms with E-state index in [-0.39, 0.29) is 11.0 Å². The lowest BCUT2D eigenvalue weighted by atomic mass is 10.4. The van der Waals surface area contributed by atoms with Crippen molar-refractivity contribution in [3.8, 4) is 0 Å². The predicted molar refractivity (Wildman–Crippen MR) is 64.0 cm³/mol. The monoisotopic (exact) mass is 254 g/mol. The number of esters is 1. The molecule has 0 atom stereocenters. The first-order chi connectivity index (χ1) is 7.92. The number of benzene rings is 1. The van der Waals surface area contributed by atoms with E-state index in [1.54, 1.807) is 32.0 Å². The van der Waals surface area contributed by atoms with Crippen LogP contribution in [-0.4, -0.2) is 20.5 Å². The van der Waals surface area contributed by atoms with E-state index in [2.05, 4.69) is 0 Å². The van der Waals surface area contributed by atoms with Crippen LogP contribution in [0, 0.1) is 0 Å². The molecular weight excluding hydrogens is 240 g/mol. The first-order valence-corrected chi connectivity index (χ1v) is 6.65. The number of hydrogen-bond donors (Lipinski definition) is 0. The highest BCUT2D eigenvalue weighted by molar-refractivity contribution is 7.94. The van der Waals surface area contributed by atoms with Gasteiger partial charge in [0.2, 0.25) is 0 Å². The van der Waals surface area contributed by atoms with Crippen molar-refractivity contribution in [1.29, 1.82) is 0 Å². The fourth-order valence-electron chi connectivity index (χ4n) is 1.11. The minimum absolute atomic E-state index is 0.147. The van der Waals surface area contributed by atoms with Crippen LogP contribution >= 0.6 is 0 Å². The van der Waals surface area contributed by atoms with Gasteiger partial charge in [-0.25, -0.2) is 13.2 Å². The molecule has 0 fully saturated rings. The molecule has 0 saturated heterocycles. The zero-order chi connectivity index (χ0) is 12.9. The van der Waals surface area contributed by atoms with Crippen LogP contribution in [0.25, 0.3) is 0 Å². The number of rotatable bonds is 4. The van der Waals surface area contributed by atoms with Gasteiger partial charge in [-0.1, -0.05) is 18.2 Å². The highest BCUT2D eigenvalue weighted by Gasteiger charge is 2.10. The molecule has 1 aromatic rings. The van der Waals surface area contributed by atoms with Gasteiger partial charge in [-0.3, -0.25) is 0 Å². The Morgan fingerprint density at radius 3 is 2.35 bits per heavy atom. The van der Waals surface area contributed by atoms with Crippen molar-refractivity contribution in [2.75, 3.05) is 0 Å². The van der Waals surface area contributed by atoms with Crippen molar-refractivity contribution in [3.05, 3.63) is 41.8 Å². The molecule has 4 nitrogen and oxygen atoms in total. The lowest BCUT2D eigenvalue weighted by Crippen LogP contribution is -2.09. The van der Waals surface area contributed by atoms with Gasteiger partial charge in [0.25, 0.3) is 0 Å². The lowest BCUT2D eigenvalue weighted by molar-refractivity contribution is -0.141. The third kappa shape index (κ3) is 4.40. The second-order valence-corrected chi connectivity index (χ2v) is 5.48. The molecule has 0 heterocycles. The van der Waals surface area contributed by atoms with E-state index >= 15 is 0 Å². The fourth-order valence-corrected chi connectivity index (χ4v) is 2.09. The number of ether oxygens (including phenoxy) is 1. The average Bonchev–Trinajstić information content (AvgIpc) is 2.27. The molecule has 0 saturated carbocycles. The SMILES string of the molecule is CC(C)OC(=O)C=CS(=O)(=O)c1ccccc1. The van der Waals surface area contributed by atoms with E-state index in [1.165, 1.54) is 12.1 Å². The summed E-state index contributed by atoms with van der Waals surface area (Å²) in [7, 11) is -3.57. The van der Waals surface area contributed by atoms with E-state index in [0.717, 1.165) is 11.5 Å². The van der Waals surface area contributed by atoms with Gasteiger partial charge < -0.3 is 4.74 Å². The molecule has 0 amide bonds. The Kier molecular flexibility index (Phi) is 4.45. The molecule has 0 spiro atoms. The van der Waals surface area contributed by atoms with Crippen LogP contribution in [0.5, 0.6) is 0 Å². The highest BCUT2D eigenvalue weighted by Crippen LogP contribution is 2.11. The van der Waals surface area contributed by atoms with Crippen molar-refractivity contribution in [3.63, 3.8) is 0 Å². The second-order valence-electron chi connectivity index (χ2n) is 3.65. The van der Waals surface area contributed by atoms with Crippen molar-refractivity contribution >= 4 is 15.8 Å². The zero-order valence-electron chi connectivity index (χ0n) is 9.66. The van der Waals surface area contributed by atoms with Gasteiger partial charge in [0.05, 0.1) is 11.0 Å². The molecule has 1 rings (SSSR count). The topological polar surface area (TPSA) is 60.4 Å². The maximum absolute atomic E-state index is 11.7. The third-order valence-corrected chi connectivity index (χ3v) is 3.23. The quantitative estimate of drug-likeness (QED) is 0.608. The van der Waals surface area contributed by atoms with Gasteiger partial charge in [-0.15, -0.1) is 0 Å². The van der Waals surface area contributed by atoms with Gasteiger partial charge in [0.1, 0.15) is 0 Å². The van der Waals surface area contributed by atoms with Crippen LogP contribution in [0.2, 0.25) is 0 Å². The summed E-state index contributed by atoms with van der Waals surface area (Å²) in [5.74, 6) is -0.667. The Bertz CT molecular complexity index is 501. The van der Waals surface area contributed by atoms with Crippen molar-refractivity contribution in [2.45, 2.75) is 24.8 Å². The van der Waals surface area contributed by atoms with Crippen LogP contribution in [0.1, 0.15) is 13.8 Å². The van der Waals surface area contributed by atoms with Gasteiger partial charge in [0, 0.05) is 11.5 Å². The molecule has 0 aliphatic rings. The smallest absolute Gasteiger partial charge is 0.331 e. The lowest BCUT2D eigenvalue weighted by Gasteiger charge is -2.04. The minimum atomic E-state index is -3.57. The molecule has 0 N–H and O–H groups in total. The first kappa shape index (κ1) is 13.4. The van der Waals surface area contributed by atoms with Gasteiger partial charge in [-0.2, -0.15) is 0 Å². The van der Waals surface area contributed by atoms with E-state index in [9.17, 15) is 13.2 Å². The van der Waals surface area contributed by atoms with E-state index < -0.39 is 15.8 Å². The largest absolute Gasteiger partial charge is 0.460 e. The van der Waals surface area contributed by atoms with Gasteiger partial charge in [0.15, 0.2) is 9.84 Å². The number of sulfone groups is 1. The summed E-state index contributed by atoms with van der Waals surface area (Å²) < 4.78 is 28.2. The summed E-state index contributed by atoms with van der Waals surface area (Å²) in [6.45, 7) is 3.38. The van der Waals surface area contributed by atoms with Crippen LogP contribution in [0.3, 0.4) is 0 Å². The number of carbonyl (C=O) groups is 1. The summed E-state index contributed by atoms with van der Waals surface area (Å²) in [6.07, 6.45) is 0.647. The summed E-state index contributed by atoms with van der Waals surface area (Å²) >= 11 is 0. The Labute approximate surface area is 101 Å². The van der Waals surface area contributed by atoms with E-state index in [0.29, 0.717) is 0 Å². The number of carbonyl (C=O) groups excluding carboxylic acids is 1. The first-order valence-electron chi connectivity index (χ1n) is 5.10. The van der Waals surface area contributed by atoms with Crippen molar-refractivity contribution in [2.24, 2.45) is 0 Å². The van der Waals surface area contributed by atoms with Crippen LogP contribution in [0.4, 0.5) is 0 Å². The average molecular weight is 254 g/mol. The van der Waals surface area contributed by atoms with Crippen LogP contribution < -0.4 is 0 Å². The van der Waals surface area contributed by atoms with Crippen molar-refractivity contribution < 1.29 is 17.9 Å². The number of hydrogen-bond acceptors (Lipinski definition) is 4. The van der Waals surface area contributed by atoms with Gasteiger partial charge >= 0.3 is 5.97 Å². The molecule has 0 aliphatic heterocycles. The van der Waals surface area contributed by atoms with E-state index in [4.69, 9.17) is 4.74 Å². The van der Waals surface area contributed by atoms with Crippen LogP contribution in [0.15, 0.2) is 46.7 Å². The molecule has 0 bridgehead atoms. The summed E-state index contributed by atoms with van der Waals surface area (Å²) in [4.78, 5) is 11.3. The zero-order valence-corrected chi connectivity index (χ0v) is 10.5. The Morgan fingerprint density at radius 1 is 1.24 bits per heavy atom. The molecule has 5 heteroatoms. The Morgan fingerprint density at radius 2 is 1.82 bits per heavy atom. The molecule has 0 unspecified atom stereocenters. The standard InChI is InChI=1S/C12H14O4S/c1-10(2)16-12(13)8-9-17(14,15)11-6-4-3-5-7-11/h3-10H,1-2H3.